The number of hydrogen-bond acceptors (Lipinski definition) is 6. The summed E-state index contributed by atoms with van der Waals surface area (Å²) < 4.78 is 15.6. The Hall–Kier alpha value is -3.35. The van der Waals surface area contributed by atoms with Crippen molar-refractivity contribution in [2.45, 2.75) is 19.6 Å². The molecule has 1 N–H and O–H groups in total. The van der Waals surface area contributed by atoms with Gasteiger partial charge in [-0.25, -0.2) is 9.78 Å². The molecule has 3 aromatic rings. The summed E-state index contributed by atoms with van der Waals surface area (Å²) in [5.41, 5.74) is 0.881. The Balaban J connectivity index is 1.52. The number of nitrogens with zero attached hydrogens (tertiary/aromatic N) is 1. The van der Waals surface area contributed by atoms with Gasteiger partial charge < -0.3 is 18.9 Å². The number of amides is 1. The molecular weight excluding hydrogens is 324 g/mol. The summed E-state index contributed by atoms with van der Waals surface area (Å²) in [6, 6.07) is 11.7. The highest BCUT2D eigenvalue weighted by atomic mass is 16.5. The van der Waals surface area contributed by atoms with Crippen molar-refractivity contribution in [2.75, 3.05) is 0 Å². The first-order chi connectivity index (χ1) is 12.1. The second-order valence-corrected chi connectivity index (χ2v) is 5.26. The van der Waals surface area contributed by atoms with Crippen LogP contribution >= 0.6 is 0 Å². The van der Waals surface area contributed by atoms with Gasteiger partial charge in [0.05, 0.1) is 12.5 Å². The maximum absolute atomic E-state index is 12.0. The van der Waals surface area contributed by atoms with Gasteiger partial charge in [0.25, 0.3) is 5.91 Å². The van der Waals surface area contributed by atoms with Gasteiger partial charge in [-0.05, 0) is 19.1 Å². The number of carbonyl (C=O) groups excluding carboxylic acids is 2. The van der Waals surface area contributed by atoms with Gasteiger partial charge in [-0.3, -0.25) is 4.79 Å². The fraction of sp³-hybridized carbons (Fsp3) is 0.167. The molecule has 2 heterocycles. The van der Waals surface area contributed by atoms with Crippen LogP contribution in [0.1, 0.15) is 23.4 Å². The van der Waals surface area contributed by atoms with Crippen LogP contribution in [0.4, 0.5) is 0 Å². The van der Waals surface area contributed by atoms with E-state index in [-0.39, 0.29) is 18.3 Å². The third-order valence-electron chi connectivity index (χ3n) is 3.40. The summed E-state index contributed by atoms with van der Waals surface area (Å²) in [6.07, 6.45) is 2.95. The van der Waals surface area contributed by atoms with Crippen LogP contribution in [0.15, 0.2) is 63.8 Å². The van der Waals surface area contributed by atoms with Crippen LogP contribution in [0, 0.1) is 0 Å². The van der Waals surface area contributed by atoms with Gasteiger partial charge in [-0.1, -0.05) is 30.3 Å². The lowest BCUT2D eigenvalue weighted by Crippen LogP contribution is -2.39. The molecule has 0 radical (unpaired) electrons. The first-order valence-corrected chi connectivity index (χ1v) is 7.64. The quantitative estimate of drug-likeness (QED) is 0.693. The van der Waals surface area contributed by atoms with Crippen LogP contribution < -0.4 is 5.32 Å². The van der Waals surface area contributed by atoms with Gasteiger partial charge in [0.15, 0.2) is 18.1 Å². The number of aromatic nitrogens is 1. The number of benzene rings is 1. The highest BCUT2D eigenvalue weighted by Crippen LogP contribution is 2.20. The fourth-order valence-corrected chi connectivity index (χ4v) is 2.11. The molecule has 2 aromatic heterocycles. The normalized spacial score (nSPS) is 11.7. The number of nitrogens with one attached hydrogen (secondary N) is 1. The number of hydrogen-bond donors (Lipinski definition) is 1. The Kier molecular flexibility index (Phi) is 4.94. The summed E-state index contributed by atoms with van der Waals surface area (Å²) in [5, 5.41) is 2.49. The summed E-state index contributed by atoms with van der Waals surface area (Å²) in [5.74, 6) is -0.0984. The summed E-state index contributed by atoms with van der Waals surface area (Å²) >= 11 is 0. The molecule has 1 atom stereocenters. The monoisotopic (exact) mass is 340 g/mol. The Morgan fingerprint density at radius 2 is 2.00 bits per heavy atom. The summed E-state index contributed by atoms with van der Waals surface area (Å²) in [7, 11) is 0. The molecule has 0 aliphatic heterocycles. The predicted octanol–water partition coefficient (Wildman–Crippen LogP) is 2.80. The predicted molar refractivity (Wildman–Crippen MR) is 87.4 cm³/mol. The van der Waals surface area contributed by atoms with Gasteiger partial charge >= 0.3 is 5.97 Å². The second kappa shape index (κ2) is 7.48. The molecule has 0 aliphatic rings. The third-order valence-corrected chi connectivity index (χ3v) is 3.40. The largest absolute Gasteiger partial charge is 0.459 e. The molecular formula is C18H16N2O5. The minimum Gasteiger partial charge on any atom is -0.459 e. The zero-order valence-corrected chi connectivity index (χ0v) is 13.5. The molecule has 0 saturated heterocycles. The summed E-state index contributed by atoms with van der Waals surface area (Å²) in [6.45, 7) is 1.40. The van der Waals surface area contributed by atoms with Crippen LogP contribution in [-0.2, 0) is 16.1 Å². The van der Waals surface area contributed by atoms with Crippen molar-refractivity contribution in [2.24, 2.45) is 0 Å². The Morgan fingerprint density at radius 3 is 2.72 bits per heavy atom. The molecule has 1 unspecified atom stereocenters. The molecule has 25 heavy (non-hydrogen) atoms. The minimum absolute atomic E-state index is 0.118. The van der Waals surface area contributed by atoms with Crippen molar-refractivity contribution in [1.29, 1.82) is 0 Å². The number of esters is 1. The first kappa shape index (κ1) is 16.5. The lowest BCUT2D eigenvalue weighted by atomic mass is 10.2. The maximum atomic E-state index is 12.0. The second-order valence-electron chi connectivity index (χ2n) is 5.26. The Morgan fingerprint density at radius 1 is 1.20 bits per heavy atom. The van der Waals surface area contributed by atoms with Crippen molar-refractivity contribution in [3.63, 3.8) is 0 Å². The number of furan rings is 1. The fourth-order valence-electron chi connectivity index (χ4n) is 2.11. The van der Waals surface area contributed by atoms with Crippen LogP contribution in [0.2, 0.25) is 0 Å². The average molecular weight is 340 g/mol. The number of rotatable bonds is 6. The number of oxazole rings is 1. The molecule has 0 saturated carbocycles. The van der Waals surface area contributed by atoms with Crippen LogP contribution in [0.25, 0.3) is 11.3 Å². The van der Waals surface area contributed by atoms with Gasteiger partial charge in [-0.15, -0.1) is 0 Å². The van der Waals surface area contributed by atoms with E-state index in [1.165, 1.54) is 19.3 Å². The maximum Gasteiger partial charge on any atom is 0.328 e. The lowest BCUT2D eigenvalue weighted by molar-refractivity contribution is -0.147. The molecule has 3 rings (SSSR count). The number of ether oxygens (including phenoxy) is 1. The molecule has 1 aromatic carbocycles. The van der Waals surface area contributed by atoms with Crippen molar-refractivity contribution in [3.05, 3.63) is 66.6 Å². The lowest BCUT2D eigenvalue weighted by Gasteiger charge is -2.11. The van der Waals surface area contributed by atoms with E-state index in [9.17, 15) is 9.59 Å². The molecule has 7 nitrogen and oxygen atoms in total. The van der Waals surface area contributed by atoms with E-state index in [0.29, 0.717) is 5.76 Å². The van der Waals surface area contributed by atoms with Gasteiger partial charge in [-0.2, -0.15) is 0 Å². The highest BCUT2D eigenvalue weighted by Gasteiger charge is 2.20. The minimum atomic E-state index is -0.832. The van der Waals surface area contributed by atoms with Gasteiger partial charge in [0, 0.05) is 5.56 Å². The van der Waals surface area contributed by atoms with Crippen LogP contribution in [0.5, 0.6) is 0 Å². The third kappa shape index (κ3) is 4.14. The van der Waals surface area contributed by atoms with E-state index < -0.39 is 17.9 Å². The van der Waals surface area contributed by atoms with Gasteiger partial charge in [0.2, 0.25) is 5.89 Å². The van der Waals surface area contributed by atoms with Crippen molar-refractivity contribution < 1.29 is 23.2 Å². The standard InChI is InChI=1S/C18H16N2O5/c1-12(20-17(21)14-8-5-9-23-14)18(22)24-11-16-19-10-15(25-16)13-6-3-2-4-7-13/h2-10,12H,11H2,1H3,(H,20,21). The van der Waals surface area contributed by atoms with Gasteiger partial charge in [0.1, 0.15) is 6.04 Å². The molecule has 0 fully saturated rings. The molecule has 0 bridgehead atoms. The molecule has 0 aliphatic carbocycles. The topological polar surface area (TPSA) is 94.6 Å². The van der Waals surface area contributed by atoms with Crippen molar-refractivity contribution in [1.82, 2.24) is 10.3 Å². The first-order valence-electron chi connectivity index (χ1n) is 7.64. The smallest absolute Gasteiger partial charge is 0.328 e. The van der Waals surface area contributed by atoms with Crippen molar-refractivity contribution >= 4 is 11.9 Å². The molecule has 7 heteroatoms. The van der Waals surface area contributed by atoms with Crippen molar-refractivity contribution in [3.8, 4) is 11.3 Å². The Bertz CT molecular complexity index is 840. The summed E-state index contributed by atoms with van der Waals surface area (Å²) in [4.78, 5) is 27.9. The average Bonchev–Trinajstić information content (AvgIpc) is 3.32. The van der Waals surface area contributed by atoms with E-state index in [1.807, 2.05) is 30.3 Å². The van der Waals surface area contributed by atoms with E-state index in [0.717, 1.165) is 5.56 Å². The Labute approximate surface area is 143 Å². The van der Waals surface area contributed by atoms with Crippen LogP contribution in [0.3, 0.4) is 0 Å². The van der Waals surface area contributed by atoms with E-state index >= 15 is 0 Å². The number of carbonyl (C=O) groups is 2. The van der Waals surface area contributed by atoms with E-state index in [1.54, 1.807) is 12.3 Å². The molecule has 0 spiro atoms. The van der Waals surface area contributed by atoms with E-state index in [2.05, 4.69) is 10.3 Å². The molecule has 1 amide bonds. The van der Waals surface area contributed by atoms with E-state index in [4.69, 9.17) is 13.6 Å². The highest BCUT2D eigenvalue weighted by molar-refractivity contribution is 5.94. The SMILES string of the molecule is CC(NC(=O)c1ccco1)C(=O)OCc1ncc(-c2ccccc2)o1. The molecule has 128 valence electrons. The zero-order chi connectivity index (χ0) is 17.6. The van der Waals surface area contributed by atoms with Crippen LogP contribution in [-0.4, -0.2) is 22.9 Å². The zero-order valence-electron chi connectivity index (χ0n) is 13.5.